The maximum Gasteiger partial charge on any atom is 0.368 e. The molecule has 0 saturated heterocycles. The molecule has 0 bridgehead atoms. The molecule has 108 valence electrons. The zero-order valence-corrected chi connectivity index (χ0v) is 12.4. The van der Waals surface area contributed by atoms with Gasteiger partial charge in [-0.2, -0.15) is 9.36 Å². The maximum absolute atomic E-state index is 11.9. The van der Waals surface area contributed by atoms with Gasteiger partial charge < -0.3 is 4.74 Å². The Bertz CT molecular complexity index is 820. The predicted octanol–water partition coefficient (Wildman–Crippen LogP) is 1.31. The zero-order valence-electron chi connectivity index (χ0n) is 11.6. The van der Waals surface area contributed by atoms with Crippen molar-refractivity contribution in [2.75, 3.05) is 0 Å². The minimum Gasteiger partial charge on any atom is -0.465 e. The Kier molecular flexibility index (Phi) is 3.53. The quantitative estimate of drug-likeness (QED) is 0.726. The van der Waals surface area contributed by atoms with E-state index in [1.54, 1.807) is 7.05 Å². The van der Waals surface area contributed by atoms with E-state index in [1.165, 1.54) is 20.7 Å². The Labute approximate surface area is 124 Å². The largest absolute Gasteiger partial charge is 0.465 e. The molecule has 21 heavy (non-hydrogen) atoms. The summed E-state index contributed by atoms with van der Waals surface area (Å²) < 4.78 is 8.10. The minimum absolute atomic E-state index is 0.299. The molecule has 3 aromatic rings. The van der Waals surface area contributed by atoms with Gasteiger partial charge in [0, 0.05) is 18.0 Å². The van der Waals surface area contributed by atoms with Gasteiger partial charge in [0.05, 0.1) is 11.4 Å². The molecule has 7 nitrogen and oxygen atoms in total. The Morgan fingerprint density at radius 1 is 1.29 bits per heavy atom. The molecule has 0 spiro atoms. The van der Waals surface area contributed by atoms with Crippen LogP contribution in [0.2, 0.25) is 0 Å². The minimum atomic E-state index is -0.299. The maximum atomic E-state index is 11.9. The van der Waals surface area contributed by atoms with E-state index in [-0.39, 0.29) is 5.69 Å². The number of aryl methyl sites for hydroxylation is 2. The highest BCUT2D eigenvalue weighted by atomic mass is 32.1. The van der Waals surface area contributed by atoms with Crippen LogP contribution < -0.4 is 10.4 Å². The van der Waals surface area contributed by atoms with Crippen molar-refractivity contribution in [1.29, 1.82) is 0 Å². The van der Waals surface area contributed by atoms with E-state index in [2.05, 4.69) is 15.4 Å². The van der Waals surface area contributed by atoms with Crippen molar-refractivity contribution in [1.82, 2.24) is 24.8 Å². The average Bonchev–Trinajstić information content (AvgIpc) is 3.04. The fourth-order valence-corrected chi connectivity index (χ4v) is 2.49. The average molecular weight is 303 g/mol. The third-order valence-corrected chi connectivity index (χ3v) is 3.76. The summed E-state index contributed by atoms with van der Waals surface area (Å²) in [4.78, 5) is 16.2. The number of ether oxygens (including phenoxy) is 1. The third-order valence-electron chi connectivity index (χ3n) is 2.89. The Morgan fingerprint density at radius 3 is 2.76 bits per heavy atom. The van der Waals surface area contributed by atoms with Crippen molar-refractivity contribution < 1.29 is 4.74 Å². The predicted molar refractivity (Wildman–Crippen MR) is 77.8 cm³/mol. The van der Waals surface area contributed by atoms with Gasteiger partial charge in [0.1, 0.15) is 6.61 Å². The van der Waals surface area contributed by atoms with Crippen molar-refractivity contribution in [3.05, 3.63) is 51.4 Å². The molecule has 0 fully saturated rings. The molecule has 0 aliphatic carbocycles. The molecule has 0 unspecified atom stereocenters. The number of para-hydroxylation sites is 1. The summed E-state index contributed by atoms with van der Waals surface area (Å²) in [6.45, 7) is 2.22. The highest BCUT2D eigenvalue weighted by molar-refractivity contribution is 7.11. The van der Waals surface area contributed by atoms with Gasteiger partial charge in [-0.1, -0.05) is 29.5 Å². The molecule has 8 heteroatoms. The Hall–Kier alpha value is -2.48. The van der Waals surface area contributed by atoms with Gasteiger partial charge in [0.2, 0.25) is 0 Å². The lowest BCUT2D eigenvalue weighted by Crippen LogP contribution is -2.23. The molecular formula is C13H13N5O2S. The van der Waals surface area contributed by atoms with E-state index in [4.69, 9.17) is 4.74 Å². The smallest absolute Gasteiger partial charge is 0.368 e. The monoisotopic (exact) mass is 303 g/mol. The lowest BCUT2D eigenvalue weighted by molar-refractivity contribution is 0.303. The fraction of sp³-hybridized carbons (Fsp3) is 0.231. The van der Waals surface area contributed by atoms with E-state index in [9.17, 15) is 4.79 Å². The summed E-state index contributed by atoms with van der Waals surface area (Å²) in [5.41, 5.74) is 2.12. The molecule has 0 aliphatic heterocycles. The molecular weight excluding hydrogens is 290 g/mol. The van der Waals surface area contributed by atoms with Crippen LogP contribution in [0, 0.1) is 6.92 Å². The van der Waals surface area contributed by atoms with E-state index >= 15 is 0 Å². The fourth-order valence-electron chi connectivity index (χ4n) is 1.84. The highest BCUT2D eigenvalue weighted by Gasteiger charge is 2.11. The topological polar surface area (TPSA) is 74.8 Å². The van der Waals surface area contributed by atoms with Gasteiger partial charge in [-0.05, 0) is 23.4 Å². The van der Waals surface area contributed by atoms with Crippen LogP contribution in [0.15, 0.2) is 34.4 Å². The van der Waals surface area contributed by atoms with E-state index in [1.807, 2.05) is 36.6 Å². The zero-order chi connectivity index (χ0) is 14.8. The van der Waals surface area contributed by atoms with Crippen LogP contribution >= 0.6 is 11.3 Å². The van der Waals surface area contributed by atoms with Crippen molar-refractivity contribution >= 4 is 11.3 Å². The van der Waals surface area contributed by atoms with Gasteiger partial charge in [0.15, 0.2) is 0 Å². The van der Waals surface area contributed by atoms with Gasteiger partial charge in [0.25, 0.3) is 5.19 Å². The Balaban J connectivity index is 1.89. The lowest BCUT2D eigenvalue weighted by Gasteiger charge is -2.07. The molecule has 0 aliphatic rings. The van der Waals surface area contributed by atoms with Crippen LogP contribution in [0.5, 0.6) is 5.19 Å². The first-order valence-electron chi connectivity index (χ1n) is 6.27. The first-order valence-corrected chi connectivity index (χ1v) is 7.15. The van der Waals surface area contributed by atoms with Crippen molar-refractivity contribution in [3.63, 3.8) is 0 Å². The van der Waals surface area contributed by atoms with Gasteiger partial charge in [-0.3, -0.25) is 0 Å². The number of nitrogens with zero attached hydrogens (tertiary/aromatic N) is 5. The molecule has 2 aromatic heterocycles. The first-order chi connectivity index (χ1) is 10.1. The molecule has 0 saturated carbocycles. The van der Waals surface area contributed by atoms with E-state index < -0.39 is 0 Å². The summed E-state index contributed by atoms with van der Waals surface area (Å²) in [5.74, 6) is 0. The van der Waals surface area contributed by atoms with Crippen LogP contribution in [-0.4, -0.2) is 24.8 Å². The second-order valence-corrected chi connectivity index (χ2v) is 5.29. The number of rotatable bonds is 4. The Morgan fingerprint density at radius 2 is 2.10 bits per heavy atom. The van der Waals surface area contributed by atoms with Crippen molar-refractivity contribution in [2.45, 2.75) is 13.5 Å². The van der Waals surface area contributed by atoms with E-state index in [0.29, 0.717) is 17.5 Å². The highest BCUT2D eigenvalue weighted by Crippen LogP contribution is 2.20. The standard InChI is InChI=1S/C13H13N5O2S/c1-9-8-21-12(14-9)20-7-10-5-3-4-6-11(10)18-13(19)17(2)15-16-18/h3-6,8H,7H2,1-2H3. The third kappa shape index (κ3) is 2.70. The van der Waals surface area contributed by atoms with Gasteiger partial charge in [-0.15, -0.1) is 0 Å². The molecule has 2 heterocycles. The summed E-state index contributed by atoms with van der Waals surface area (Å²) in [7, 11) is 1.56. The SMILES string of the molecule is Cc1csc(OCc2ccccc2-n2nnn(C)c2=O)n1. The molecule has 0 N–H and O–H groups in total. The van der Waals surface area contributed by atoms with Crippen molar-refractivity contribution in [3.8, 4) is 10.9 Å². The molecule has 1 aromatic carbocycles. The molecule has 0 amide bonds. The van der Waals surface area contributed by atoms with Crippen LogP contribution in [0.4, 0.5) is 0 Å². The molecule has 0 radical (unpaired) electrons. The number of aromatic nitrogens is 5. The number of hydrogen-bond acceptors (Lipinski definition) is 6. The normalized spacial score (nSPS) is 10.8. The first kappa shape index (κ1) is 13.5. The van der Waals surface area contributed by atoms with Crippen LogP contribution in [0.1, 0.15) is 11.3 Å². The van der Waals surface area contributed by atoms with Crippen LogP contribution in [-0.2, 0) is 13.7 Å². The number of thiazole rings is 1. The molecule has 3 rings (SSSR count). The second kappa shape index (κ2) is 5.49. The summed E-state index contributed by atoms with van der Waals surface area (Å²) in [5, 5.41) is 10.1. The molecule has 0 atom stereocenters. The van der Waals surface area contributed by atoms with Crippen molar-refractivity contribution in [2.24, 2.45) is 7.05 Å². The van der Waals surface area contributed by atoms with E-state index in [0.717, 1.165) is 11.3 Å². The van der Waals surface area contributed by atoms with Crippen LogP contribution in [0.25, 0.3) is 5.69 Å². The van der Waals surface area contributed by atoms with Crippen LogP contribution in [0.3, 0.4) is 0 Å². The van der Waals surface area contributed by atoms with Gasteiger partial charge in [-0.25, -0.2) is 9.78 Å². The second-order valence-electron chi connectivity index (χ2n) is 4.47. The summed E-state index contributed by atoms with van der Waals surface area (Å²) in [6, 6.07) is 7.42. The summed E-state index contributed by atoms with van der Waals surface area (Å²) >= 11 is 1.44. The number of hydrogen-bond donors (Lipinski definition) is 0. The number of benzene rings is 1. The van der Waals surface area contributed by atoms with Gasteiger partial charge >= 0.3 is 5.69 Å². The lowest BCUT2D eigenvalue weighted by atomic mass is 10.2. The number of tetrazole rings is 1. The summed E-state index contributed by atoms with van der Waals surface area (Å²) in [6.07, 6.45) is 0.